The second-order valence-electron chi connectivity index (χ2n) is 4.39. The van der Waals surface area contributed by atoms with E-state index < -0.39 is 0 Å². The summed E-state index contributed by atoms with van der Waals surface area (Å²) in [7, 11) is 0. The van der Waals surface area contributed by atoms with Gasteiger partial charge >= 0.3 is 0 Å². The summed E-state index contributed by atoms with van der Waals surface area (Å²) in [6.45, 7) is 0.763. The molecule has 3 rings (SSSR count). The Kier molecular flexibility index (Phi) is 3.40. The molecular formula is C14H12BrFN2O2. The molecule has 0 aromatic heterocycles. The van der Waals surface area contributed by atoms with Crippen LogP contribution in [0.3, 0.4) is 0 Å². The fraction of sp³-hybridized carbons (Fsp3) is 0.143. The molecule has 1 aliphatic rings. The van der Waals surface area contributed by atoms with Gasteiger partial charge in [0.15, 0.2) is 11.5 Å². The molecule has 0 atom stereocenters. The summed E-state index contributed by atoms with van der Waals surface area (Å²) in [4.78, 5) is 0. The third-order valence-corrected chi connectivity index (χ3v) is 3.62. The Labute approximate surface area is 123 Å². The van der Waals surface area contributed by atoms with Crippen LogP contribution in [0.5, 0.6) is 11.5 Å². The van der Waals surface area contributed by atoms with Gasteiger partial charge in [-0.3, -0.25) is 0 Å². The van der Waals surface area contributed by atoms with Crippen LogP contribution in [0.4, 0.5) is 15.8 Å². The minimum Gasteiger partial charge on any atom is -0.454 e. The first-order chi connectivity index (χ1) is 9.63. The SMILES string of the molecule is Nc1cc(Br)c(F)cc1NCc1ccc2c(c1)OCO2. The van der Waals surface area contributed by atoms with Crippen LogP contribution in [0, 0.1) is 5.82 Å². The minimum absolute atomic E-state index is 0.247. The normalized spacial score (nSPS) is 12.5. The highest BCUT2D eigenvalue weighted by Gasteiger charge is 2.13. The average Bonchev–Trinajstić information content (AvgIpc) is 2.89. The van der Waals surface area contributed by atoms with E-state index in [-0.39, 0.29) is 12.6 Å². The summed E-state index contributed by atoms with van der Waals surface area (Å²) in [6.07, 6.45) is 0. The number of nitrogen functional groups attached to an aromatic ring is 1. The van der Waals surface area contributed by atoms with Crippen LogP contribution in [-0.4, -0.2) is 6.79 Å². The maximum absolute atomic E-state index is 13.5. The summed E-state index contributed by atoms with van der Waals surface area (Å²) in [5.74, 6) is 1.11. The summed E-state index contributed by atoms with van der Waals surface area (Å²) in [5, 5.41) is 3.11. The second kappa shape index (κ2) is 5.20. The Bertz CT molecular complexity index is 664. The minimum atomic E-state index is -0.354. The van der Waals surface area contributed by atoms with Crippen LogP contribution >= 0.6 is 15.9 Å². The second-order valence-corrected chi connectivity index (χ2v) is 5.25. The van der Waals surface area contributed by atoms with Crippen LogP contribution in [0.1, 0.15) is 5.56 Å². The third kappa shape index (κ3) is 2.51. The van der Waals surface area contributed by atoms with E-state index >= 15 is 0 Å². The van der Waals surface area contributed by atoms with Crippen molar-refractivity contribution in [1.29, 1.82) is 0 Å². The van der Waals surface area contributed by atoms with Crippen molar-refractivity contribution < 1.29 is 13.9 Å². The Morgan fingerprint density at radius 3 is 2.85 bits per heavy atom. The van der Waals surface area contributed by atoms with E-state index in [9.17, 15) is 4.39 Å². The van der Waals surface area contributed by atoms with Crippen molar-refractivity contribution in [3.8, 4) is 11.5 Å². The number of ether oxygens (including phenoxy) is 2. The lowest BCUT2D eigenvalue weighted by molar-refractivity contribution is 0.174. The lowest BCUT2D eigenvalue weighted by Gasteiger charge is -2.11. The number of nitrogens with one attached hydrogen (secondary N) is 1. The van der Waals surface area contributed by atoms with Crippen molar-refractivity contribution in [2.24, 2.45) is 0 Å². The molecule has 0 amide bonds. The van der Waals surface area contributed by atoms with Crippen molar-refractivity contribution in [1.82, 2.24) is 0 Å². The van der Waals surface area contributed by atoms with Crippen molar-refractivity contribution in [3.05, 3.63) is 46.2 Å². The van der Waals surface area contributed by atoms with Gasteiger partial charge in [-0.05, 0) is 39.7 Å². The van der Waals surface area contributed by atoms with E-state index in [2.05, 4.69) is 21.2 Å². The van der Waals surface area contributed by atoms with Crippen molar-refractivity contribution in [2.45, 2.75) is 6.54 Å². The van der Waals surface area contributed by atoms with Gasteiger partial charge in [-0.1, -0.05) is 6.07 Å². The zero-order chi connectivity index (χ0) is 14.1. The largest absolute Gasteiger partial charge is 0.454 e. The van der Waals surface area contributed by atoms with Gasteiger partial charge in [0.2, 0.25) is 6.79 Å². The zero-order valence-corrected chi connectivity index (χ0v) is 12.0. The first-order valence-corrected chi connectivity index (χ1v) is 6.80. The number of nitrogens with two attached hydrogens (primary N) is 1. The first kappa shape index (κ1) is 13.1. The average molecular weight is 339 g/mol. The highest BCUT2D eigenvalue weighted by atomic mass is 79.9. The highest BCUT2D eigenvalue weighted by molar-refractivity contribution is 9.10. The number of hydrogen-bond acceptors (Lipinski definition) is 4. The molecule has 0 radical (unpaired) electrons. The predicted octanol–water partition coefficient (Wildman–Crippen LogP) is 3.51. The molecule has 20 heavy (non-hydrogen) atoms. The summed E-state index contributed by atoms with van der Waals surface area (Å²) in [6, 6.07) is 8.57. The topological polar surface area (TPSA) is 56.5 Å². The third-order valence-electron chi connectivity index (χ3n) is 3.01. The molecule has 0 bridgehead atoms. The molecule has 0 saturated heterocycles. The molecule has 2 aromatic carbocycles. The molecule has 4 nitrogen and oxygen atoms in total. The number of anilines is 2. The summed E-state index contributed by atoms with van der Waals surface area (Å²) >= 11 is 3.10. The molecule has 1 aliphatic heterocycles. The first-order valence-electron chi connectivity index (χ1n) is 6.00. The van der Waals surface area contributed by atoms with Gasteiger partial charge in [0.05, 0.1) is 15.8 Å². The van der Waals surface area contributed by atoms with Gasteiger partial charge in [0.1, 0.15) is 5.82 Å². The van der Waals surface area contributed by atoms with Gasteiger partial charge in [-0.15, -0.1) is 0 Å². The predicted molar refractivity (Wildman–Crippen MR) is 78.4 cm³/mol. The lowest BCUT2D eigenvalue weighted by atomic mass is 10.2. The van der Waals surface area contributed by atoms with Gasteiger partial charge < -0.3 is 20.5 Å². The Morgan fingerprint density at radius 2 is 2.00 bits per heavy atom. The van der Waals surface area contributed by atoms with E-state index in [1.54, 1.807) is 0 Å². The number of benzene rings is 2. The van der Waals surface area contributed by atoms with Gasteiger partial charge in [-0.2, -0.15) is 0 Å². The monoisotopic (exact) mass is 338 g/mol. The zero-order valence-electron chi connectivity index (χ0n) is 10.5. The van der Waals surface area contributed by atoms with Gasteiger partial charge in [0.25, 0.3) is 0 Å². The quantitative estimate of drug-likeness (QED) is 0.841. The molecule has 6 heteroatoms. The lowest BCUT2D eigenvalue weighted by Crippen LogP contribution is -2.03. The van der Waals surface area contributed by atoms with Crippen molar-refractivity contribution in [2.75, 3.05) is 17.8 Å². The van der Waals surface area contributed by atoms with Crippen LogP contribution in [0.2, 0.25) is 0 Å². The van der Waals surface area contributed by atoms with E-state index in [1.807, 2.05) is 18.2 Å². The molecule has 2 aromatic rings. The van der Waals surface area contributed by atoms with Gasteiger partial charge in [0, 0.05) is 12.6 Å². The van der Waals surface area contributed by atoms with Gasteiger partial charge in [-0.25, -0.2) is 4.39 Å². The molecule has 104 valence electrons. The summed E-state index contributed by atoms with van der Waals surface area (Å²) < 4.78 is 24.4. The number of fused-ring (bicyclic) bond motifs is 1. The maximum Gasteiger partial charge on any atom is 0.231 e. The van der Waals surface area contributed by atoms with E-state index in [0.29, 0.717) is 22.4 Å². The Hall–Kier alpha value is -1.95. The molecule has 0 saturated carbocycles. The Morgan fingerprint density at radius 1 is 1.20 bits per heavy atom. The summed E-state index contributed by atoms with van der Waals surface area (Å²) in [5.41, 5.74) is 7.88. The van der Waals surface area contributed by atoms with Crippen molar-refractivity contribution in [3.63, 3.8) is 0 Å². The van der Waals surface area contributed by atoms with Crippen LogP contribution in [0.25, 0.3) is 0 Å². The smallest absolute Gasteiger partial charge is 0.231 e. The molecule has 3 N–H and O–H groups in total. The van der Waals surface area contributed by atoms with Crippen LogP contribution in [0.15, 0.2) is 34.8 Å². The highest BCUT2D eigenvalue weighted by Crippen LogP contribution is 2.33. The fourth-order valence-electron chi connectivity index (χ4n) is 1.96. The standard InChI is InChI=1S/C14H12BrFN2O2/c15-9-4-11(17)12(5-10(9)16)18-6-8-1-2-13-14(3-8)20-7-19-13/h1-5,18H,6-7,17H2. The number of rotatable bonds is 3. The molecule has 1 heterocycles. The van der Waals surface area contributed by atoms with E-state index in [4.69, 9.17) is 15.2 Å². The van der Waals surface area contributed by atoms with E-state index in [1.165, 1.54) is 12.1 Å². The molecule has 0 unspecified atom stereocenters. The molecule has 0 fully saturated rings. The van der Waals surface area contributed by atoms with E-state index in [0.717, 1.165) is 17.1 Å². The fourth-order valence-corrected chi connectivity index (χ4v) is 2.32. The maximum atomic E-state index is 13.5. The van der Waals surface area contributed by atoms with Crippen LogP contribution in [-0.2, 0) is 6.54 Å². The number of halogens is 2. The van der Waals surface area contributed by atoms with Crippen LogP contribution < -0.4 is 20.5 Å². The molecule has 0 spiro atoms. The van der Waals surface area contributed by atoms with Crippen molar-refractivity contribution >= 4 is 27.3 Å². The Balaban J connectivity index is 1.75. The molecule has 0 aliphatic carbocycles. The molecular weight excluding hydrogens is 327 g/mol. The number of hydrogen-bond donors (Lipinski definition) is 2.